The van der Waals surface area contributed by atoms with Gasteiger partial charge in [0.25, 0.3) is 0 Å². The van der Waals surface area contributed by atoms with E-state index in [1.165, 1.54) is 11.3 Å². The maximum absolute atomic E-state index is 11.1. The van der Waals surface area contributed by atoms with Crippen molar-refractivity contribution in [3.63, 3.8) is 0 Å². The van der Waals surface area contributed by atoms with E-state index in [0.717, 1.165) is 25.7 Å². The molecule has 1 atom stereocenters. The standard InChI is InChI=1S/C16H24O3S/c1-16(2,3)11-6-4-10(5-7-11)13(17)14-12(15(18)19)8-9-20-14/h8-11,13,17H,4-7H2,1-3H3,(H,18,19). The summed E-state index contributed by atoms with van der Waals surface area (Å²) >= 11 is 1.36. The maximum Gasteiger partial charge on any atom is 0.336 e. The third-order valence-electron chi connectivity index (χ3n) is 4.64. The molecule has 1 aromatic heterocycles. The van der Waals surface area contributed by atoms with Crippen molar-refractivity contribution in [1.82, 2.24) is 0 Å². The van der Waals surface area contributed by atoms with Gasteiger partial charge in [0, 0.05) is 4.88 Å². The van der Waals surface area contributed by atoms with Crippen molar-refractivity contribution in [2.75, 3.05) is 0 Å². The van der Waals surface area contributed by atoms with E-state index in [4.69, 9.17) is 5.11 Å². The Morgan fingerprint density at radius 3 is 2.40 bits per heavy atom. The van der Waals surface area contributed by atoms with Crippen molar-refractivity contribution in [3.8, 4) is 0 Å². The molecule has 0 aromatic carbocycles. The highest BCUT2D eigenvalue weighted by Gasteiger charge is 2.34. The van der Waals surface area contributed by atoms with Gasteiger partial charge in [0.05, 0.1) is 11.7 Å². The van der Waals surface area contributed by atoms with Crippen molar-refractivity contribution >= 4 is 17.3 Å². The number of thiophene rings is 1. The van der Waals surface area contributed by atoms with E-state index in [-0.39, 0.29) is 11.5 Å². The lowest BCUT2D eigenvalue weighted by molar-refractivity contribution is 0.0522. The van der Waals surface area contributed by atoms with Crippen LogP contribution < -0.4 is 0 Å². The van der Waals surface area contributed by atoms with Crippen LogP contribution in [0.4, 0.5) is 0 Å². The average molecular weight is 296 g/mol. The lowest BCUT2D eigenvalue weighted by atomic mass is 9.69. The Bertz CT molecular complexity index is 464. The summed E-state index contributed by atoms with van der Waals surface area (Å²) in [5.41, 5.74) is 0.589. The summed E-state index contributed by atoms with van der Waals surface area (Å²) in [6.45, 7) is 6.82. The molecule has 4 heteroatoms. The number of carboxylic acid groups (broad SMARTS) is 1. The number of aliphatic hydroxyl groups excluding tert-OH is 1. The second-order valence-corrected chi connectivity index (χ2v) is 7.87. The van der Waals surface area contributed by atoms with Crippen molar-refractivity contribution in [2.24, 2.45) is 17.3 Å². The fraction of sp³-hybridized carbons (Fsp3) is 0.688. The van der Waals surface area contributed by atoms with Crippen molar-refractivity contribution in [1.29, 1.82) is 0 Å². The molecule has 3 nitrogen and oxygen atoms in total. The molecule has 1 aliphatic rings. The molecule has 1 saturated carbocycles. The molecule has 1 heterocycles. The molecular formula is C16H24O3S. The number of carbonyl (C=O) groups is 1. The van der Waals surface area contributed by atoms with E-state index in [1.54, 1.807) is 11.4 Å². The van der Waals surface area contributed by atoms with E-state index in [1.807, 2.05) is 0 Å². The van der Waals surface area contributed by atoms with Crippen LogP contribution in [-0.4, -0.2) is 16.2 Å². The van der Waals surface area contributed by atoms with Crippen LogP contribution in [0.15, 0.2) is 11.4 Å². The highest BCUT2D eigenvalue weighted by atomic mass is 32.1. The molecular weight excluding hydrogens is 272 g/mol. The first-order valence-corrected chi connectivity index (χ1v) is 8.17. The molecule has 1 unspecified atom stereocenters. The lowest BCUT2D eigenvalue weighted by Gasteiger charge is -2.38. The number of aliphatic hydroxyl groups is 1. The molecule has 1 aromatic rings. The summed E-state index contributed by atoms with van der Waals surface area (Å²) in [6.07, 6.45) is 3.60. The van der Waals surface area contributed by atoms with Gasteiger partial charge in [-0.1, -0.05) is 20.8 Å². The van der Waals surface area contributed by atoms with E-state index in [0.29, 0.717) is 16.2 Å². The average Bonchev–Trinajstić information content (AvgIpc) is 2.86. The Balaban J connectivity index is 2.03. The van der Waals surface area contributed by atoms with Crippen molar-refractivity contribution < 1.29 is 15.0 Å². The normalized spacial score (nSPS) is 25.4. The van der Waals surface area contributed by atoms with Crippen LogP contribution in [0.2, 0.25) is 0 Å². The molecule has 0 bridgehead atoms. The quantitative estimate of drug-likeness (QED) is 0.872. The molecule has 0 spiro atoms. The van der Waals surface area contributed by atoms with Gasteiger partial charge in [-0.3, -0.25) is 0 Å². The first-order valence-electron chi connectivity index (χ1n) is 7.29. The Morgan fingerprint density at radius 1 is 1.30 bits per heavy atom. The monoisotopic (exact) mass is 296 g/mol. The van der Waals surface area contributed by atoms with Gasteiger partial charge in [0.15, 0.2) is 0 Å². The largest absolute Gasteiger partial charge is 0.478 e. The summed E-state index contributed by atoms with van der Waals surface area (Å²) in [5.74, 6) is -0.0396. The van der Waals surface area contributed by atoms with Crippen LogP contribution in [0.5, 0.6) is 0 Å². The van der Waals surface area contributed by atoms with Crippen LogP contribution in [0.3, 0.4) is 0 Å². The molecule has 0 amide bonds. The van der Waals surface area contributed by atoms with Crippen LogP contribution in [-0.2, 0) is 0 Å². The zero-order chi connectivity index (χ0) is 14.9. The van der Waals surface area contributed by atoms with Gasteiger partial charge < -0.3 is 10.2 Å². The first kappa shape index (κ1) is 15.5. The SMILES string of the molecule is CC(C)(C)C1CCC(C(O)c2sccc2C(=O)O)CC1. The molecule has 0 radical (unpaired) electrons. The minimum absolute atomic E-state index is 0.199. The van der Waals surface area contributed by atoms with Gasteiger partial charge in [-0.2, -0.15) is 0 Å². The Morgan fingerprint density at radius 2 is 1.90 bits per heavy atom. The van der Waals surface area contributed by atoms with E-state index in [2.05, 4.69) is 20.8 Å². The minimum Gasteiger partial charge on any atom is -0.478 e. The van der Waals surface area contributed by atoms with Gasteiger partial charge >= 0.3 is 5.97 Å². The Labute approximate surface area is 124 Å². The summed E-state index contributed by atoms with van der Waals surface area (Å²) in [4.78, 5) is 11.8. The van der Waals surface area contributed by atoms with Gasteiger partial charge in [-0.25, -0.2) is 4.79 Å². The van der Waals surface area contributed by atoms with Gasteiger partial charge in [0.1, 0.15) is 0 Å². The third kappa shape index (κ3) is 3.23. The Kier molecular flexibility index (Phi) is 4.55. The van der Waals surface area contributed by atoms with Crippen molar-refractivity contribution in [3.05, 3.63) is 21.9 Å². The summed E-state index contributed by atoms with van der Waals surface area (Å²) < 4.78 is 0. The van der Waals surface area contributed by atoms with Crippen molar-refractivity contribution in [2.45, 2.75) is 52.6 Å². The second-order valence-electron chi connectivity index (χ2n) is 6.93. The van der Waals surface area contributed by atoms with Crippen LogP contribution >= 0.6 is 11.3 Å². The summed E-state index contributed by atoms with van der Waals surface area (Å²) in [7, 11) is 0. The van der Waals surface area contributed by atoms with E-state index in [9.17, 15) is 9.90 Å². The van der Waals surface area contributed by atoms with Gasteiger partial charge in [-0.15, -0.1) is 11.3 Å². The molecule has 0 saturated heterocycles. The molecule has 2 N–H and O–H groups in total. The summed E-state index contributed by atoms with van der Waals surface area (Å²) in [6, 6.07) is 1.59. The van der Waals surface area contributed by atoms with Gasteiger partial charge in [-0.05, 0) is 54.4 Å². The first-order chi connectivity index (χ1) is 9.30. The van der Waals surface area contributed by atoms with E-state index < -0.39 is 12.1 Å². The number of hydrogen-bond acceptors (Lipinski definition) is 3. The topological polar surface area (TPSA) is 57.5 Å². The zero-order valence-electron chi connectivity index (χ0n) is 12.4. The minimum atomic E-state index is -0.941. The van der Waals surface area contributed by atoms with Crippen LogP contribution in [0.25, 0.3) is 0 Å². The lowest BCUT2D eigenvalue weighted by Crippen LogP contribution is -2.28. The smallest absolute Gasteiger partial charge is 0.336 e. The predicted octanol–water partition coefficient (Wildman–Crippen LogP) is 4.33. The van der Waals surface area contributed by atoms with E-state index >= 15 is 0 Å². The number of aromatic carboxylic acids is 1. The second kappa shape index (κ2) is 5.86. The highest BCUT2D eigenvalue weighted by molar-refractivity contribution is 7.10. The zero-order valence-corrected chi connectivity index (χ0v) is 13.2. The molecule has 20 heavy (non-hydrogen) atoms. The predicted molar refractivity (Wildman–Crippen MR) is 81.1 cm³/mol. The van der Waals surface area contributed by atoms with Crippen LogP contribution in [0, 0.1) is 17.3 Å². The van der Waals surface area contributed by atoms with Crippen LogP contribution in [0.1, 0.15) is 67.8 Å². The fourth-order valence-corrected chi connectivity index (χ4v) is 4.21. The fourth-order valence-electron chi connectivity index (χ4n) is 3.24. The number of hydrogen-bond donors (Lipinski definition) is 2. The molecule has 1 aliphatic carbocycles. The molecule has 0 aliphatic heterocycles. The highest BCUT2D eigenvalue weighted by Crippen LogP contribution is 2.44. The molecule has 2 rings (SSSR count). The van der Waals surface area contributed by atoms with Gasteiger partial charge in [0.2, 0.25) is 0 Å². The number of rotatable bonds is 3. The number of carboxylic acids is 1. The summed E-state index contributed by atoms with van der Waals surface area (Å²) in [5, 5.41) is 21.4. The Hall–Kier alpha value is -0.870. The molecule has 1 fully saturated rings. The molecule has 112 valence electrons. The third-order valence-corrected chi connectivity index (χ3v) is 5.62. The maximum atomic E-state index is 11.1.